The van der Waals surface area contributed by atoms with Crippen LogP contribution in [0.4, 0.5) is 0 Å². The lowest BCUT2D eigenvalue weighted by Crippen LogP contribution is -2.40. The summed E-state index contributed by atoms with van der Waals surface area (Å²) < 4.78 is 24.6. The highest BCUT2D eigenvalue weighted by Gasteiger charge is 2.36. The Morgan fingerprint density at radius 2 is 1.76 bits per heavy atom. The third-order valence-corrected chi connectivity index (χ3v) is 8.78. The molecule has 0 fully saturated rings. The van der Waals surface area contributed by atoms with Crippen LogP contribution in [0.5, 0.6) is 17.2 Å². The average Bonchev–Trinajstić information content (AvgIpc) is 3.34. The number of esters is 1. The summed E-state index contributed by atoms with van der Waals surface area (Å²) in [5, 5.41) is 1.10. The van der Waals surface area contributed by atoms with Crippen LogP contribution >= 0.6 is 34.5 Å². The summed E-state index contributed by atoms with van der Waals surface area (Å²) in [5.41, 5.74) is 2.82. The van der Waals surface area contributed by atoms with E-state index >= 15 is 0 Å². The average molecular weight is 668 g/mol. The minimum absolute atomic E-state index is 0.181. The van der Waals surface area contributed by atoms with E-state index in [4.69, 9.17) is 47.1 Å². The number of fused-ring (bicyclic) bond motifs is 1. The number of thiazole rings is 1. The standard InChI is InChI=1S/C34H32Cl2N2O6S/c1-5-7-27-30(33(40)43-6-2)31(25-18-24(41-3)14-15-28(25)42-4)38-32(39)29(45-34(38)37-27)16-20-8-12-23(13-9-20)44-19-21-10-11-22(35)17-26(21)36/h8-18,31H,5-7,19H2,1-4H3/b29-16-/t31-/m1/s1. The molecule has 11 heteroatoms. The Bertz CT molecular complexity index is 1930. The van der Waals surface area contributed by atoms with Crippen molar-refractivity contribution in [2.24, 2.45) is 4.99 Å². The number of hydrogen-bond acceptors (Lipinski definition) is 8. The fourth-order valence-corrected chi connectivity index (χ4v) is 6.56. The van der Waals surface area contributed by atoms with Crippen molar-refractivity contribution in [1.29, 1.82) is 0 Å². The maximum atomic E-state index is 14.1. The molecular formula is C34H32Cl2N2O6S. The summed E-state index contributed by atoms with van der Waals surface area (Å²) in [5.74, 6) is 1.19. The number of allylic oxidation sites excluding steroid dienone is 1. The minimum atomic E-state index is -0.829. The smallest absolute Gasteiger partial charge is 0.338 e. The van der Waals surface area contributed by atoms with Crippen molar-refractivity contribution in [2.75, 3.05) is 20.8 Å². The van der Waals surface area contributed by atoms with Crippen LogP contribution in [0.3, 0.4) is 0 Å². The Morgan fingerprint density at radius 3 is 2.42 bits per heavy atom. The van der Waals surface area contributed by atoms with Gasteiger partial charge in [-0.05, 0) is 67.4 Å². The highest BCUT2D eigenvalue weighted by Crippen LogP contribution is 2.38. The monoisotopic (exact) mass is 666 g/mol. The number of hydrogen-bond donors (Lipinski definition) is 0. The molecule has 0 N–H and O–H groups in total. The van der Waals surface area contributed by atoms with Gasteiger partial charge in [-0.2, -0.15) is 0 Å². The molecule has 3 aromatic carbocycles. The van der Waals surface area contributed by atoms with Crippen molar-refractivity contribution in [3.05, 3.63) is 118 Å². The van der Waals surface area contributed by atoms with Crippen LogP contribution < -0.4 is 29.1 Å². The molecule has 0 saturated carbocycles. The zero-order valence-electron chi connectivity index (χ0n) is 25.3. The van der Waals surface area contributed by atoms with Gasteiger partial charge in [0.2, 0.25) is 0 Å². The van der Waals surface area contributed by atoms with Gasteiger partial charge in [0.1, 0.15) is 29.9 Å². The molecule has 0 spiro atoms. The van der Waals surface area contributed by atoms with Crippen molar-refractivity contribution >= 4 is 46.6 Å². The van der Waals surface area contributed by atoms with Gasteiger partial charge in [-0.15, -0.1) is 0 Å². The van der Waals surface area contributed by atoms with E-state index in [2.05, 4.69) is 0 Å². The molecule has 0 amide bonds. The molecule has 1 aromatic heterocycles. The van der Waals surface area contributed by atoms with Gasteiger partial charge in [-0.3, -0.25) is 9.36 Å². The summed E-state index contributed by atoms with van der Waals surface area (Å²) in [6.45, 7) is 4.22. The fourth-order valence-electron chi connectivity index (χ4n) is 5.08. The lowest BCUT2D eigenvalue weighted by Gasteiger charge is -2.27. The second kappa shape index (κ2) is 14.4. The Kier molecular flexibility index (Phi) is 10.3. The Morgan fingerprint density at radius 1 is 1.00 bits per heavy atom. The van der Waals surface area contributed by atoms with Gasteiger partial charge in [-0.25, -0.2) is 9.79 Å². The minimum Gasteiger partial charge on any atom is -0.497 e. The predicted octanol–water partition coefficient (Wildman–Crippen LogP) is 6.48. The number of halogens is 2. The van der Waals surface area contributed by atoms with Gasteiger partial charge in [-0.1, -0.05) is 66.1 Å². The predicted molar refractivity (Wildman–Crippen MR) is 176 cm³/mol. The van der Waals surface area contributed by atoms with Crippen LogP contribution in [-0.2, 0) is 16.1 Å². The van der Waals surface area contributed by atoms with Crippen LogP contribution in [0.15, 0.2) is 81.7 Å². The van der Waals surface area contributed by atoms with Crippen LogP contribution in [0.1, 0.15) is 49.4 Å². The maximum Gasteiger partial charge on any atom is 0.338 e. The Labute approximate surface area is 274 Å². The first kappa shape index (κ1) is 32.3. The number of carbonyl (C=O) groups is 1. The van der Waals surface area contributed by atoms with Crippen molar-refractivity contribution in [3.63, 3.8) is 0 Å². The van der Waals surface area contributed by atoms with E-state index in [1.165, 1.54) is 11.3 Å². The molecule has 0 saturated heterocycles. The normalized spacial score (nSPS) is 14.5. The molecule has 0 bridgehead atoms. The third-order valence-electron chi connectivity index (χ3n) is 7.21. The molecule has 2 heterocycles. The Hall–Kier alpha value is -4.05. The second-order valence-electron chi connectivity index (χ2n) is 10.1. The molecule has 0 unspecified atom stereocenters. The van der Waals surface area contributed by atoms with E-state index in [9.17, 15) is 9.59 Å². The largest absolute Gasteiger partial charge is 0.497 e. The summed E-state index contributed by atoms with van der Waals surface area (Å²) >= 11 is 13.5. The topological polar surface area (TPSA) is 88.4 Å². The molecule has 1 atom stereocenters. The van der Waals surface area contributed by atoms with Crippen LogP contribution in [0, 0.1) is 0 Å². The number of ether oxygens (including phenoxy) is 4. The van der Waals surface area contributed by atoms with Crippen LogP contribution in [0.25, 0.3) is 6.08 Å². The van der Waals surface area contributed by atoms with Gasteiger partial charge >= 0.3 is 5.97 Å². The molecule has 1 aliphatic rings. The van der Waals surface area contributed by atoms with Crippen molar-refractivity contribution in [3.8, 4) is 17.2 Å². The van der Waals surface area contributed by atoms with E-state index in [-0.39, 0.29) is 18.8 Å². The fraction of sp³-hybridized carbons (Fsp3) is 0.265. The van der Waals surface area contributed by atoms with E-state index in [0.717, 1.165) is 17.5 Å². The Balaban J connectivity index is 1.57. The lowest BCUT2D eigenvalue weighted by atomic mass is 9.93. The van der Waals surface area contributed by atoms with Gasteiger partial charge in [0.05, 0.1) is 36.6 Å². The summed E-state index contributed by atoms with van der Waals surface area (Å²) in [6, 6.07) is 17.1. The first-order chi connectivity index (χ1) is 21.8. The molecule has 1 aliphatic heterocycles. The van der Waals surface area contributed by atoms with Gasteiger partial charge in [0.25, 0.3) is 5.56 Å². The molecule has 0 radical (unpaired) electrons. The van der Waals surface area contributed by atoms with Crippen molar-refractivity contribution < 1.29 is 23.7 Å². The molecule has 4 aromatic rings. The molecule has 8 nitrogen and oxygen atoms in total. The number of rotatable bonds is 11. The SMILES string of the molecule is CCCC1=C(C(=O)OCC)[C@@H](c2cc(OC)ccc2OC)n2c(s/c(=C\c3ccc(OCc4ccc(Cl)cc4Cl)cc3)c2=O)=N1. The highest BCUT2D eigenvalue weighted by molar-refractivity contribution is 7.07. The summed E-state index contributed by atoms with van der Waals surface area (Å²) in [4.78, 5) is 32.9. The third kappa shape index (κ3) is 6.96. The van der Waals surface area contributed by atoms with E-state index in [1.54, 1.807) is 62.1 Å². The first-order valence-electron chi connectivity index (χ1n) is 14.4. The molecule has 0 aliphatic carbocycles. The van der Waals surface area contributed by atoms with Crippen molar-refractivity contribution in [1.82, 2.24) is 4.57 Å². The molecule has 45 heavy (non-hydrogen) atoms. The number of benzene rings is 3. The number of nitrogens with zero attached hydrogens (tertiary/aromatic N) is 2. The van der Waals surface area contributed by atoms with Crippen molar-refractivity contribution in [2.45, 2.75) is 39.3 Å². The van der Waals surface area contributed by atoms with E-state index < -0.39 is 12.0 Å². The van der Waals surface area contributed by atoms with Gasteiger partial charge in [0.15, 0.2) is 4.80 Å². The maximum absolute atomic E-state index is 14.1. The van der Waals surface area contributed by atoms with Gasteiger partial charge in [0, 0.05) is 21.2 Å². The van der Waals surface area contributed by atoms with Crippen LogP contribution in [-0.4, -0.2) is 31.4 Å². The number of aromatic nitrogens is 1. The van der Waals surface area contributed by atoms with Gasteiger partial charge < -0.3 is 18.9 Å². The number of carbonyl (C=O) groups excluding carboxylic acids is 1. The number of methoxy groups -OCH3 is 2. The highest BCUT2D eigenvalue weighted by atomic mass is 35.5. The van der Waals surface area contributed by atoms with E-state index in [1.807, 2.05) is 37.3 Å². The molecule has 234 valence electrons. The zero-order valence-corrected chi connectivity index (χ0v) is 27.6. The molecular weight excluding hydrogens is 635 g/mol. The quantitative estimate of drug-likeness (QED) is 0.170. The zero-order chi connectivity index (χ0) is 32.1. The summed E-state index contributed by atoms with van der Waals surface area (Å²) in [7, 11) is 3.11. The lowest BCUT2D eigenvalue weighted by molar-refractivity contribution is -0.139. The summed E-state index contributed by atoms with van der Waals surface area (Å²) in [6.07, 6.45) is 3.08. The van der Waals surface area contributed by atoms with Crippen LogP contribution in [0.2, 0.25) is 10.0 Å². The second-order valence-corrected chi connectivity index (χ2v) is 12.0. The molecule has 5 rings (SSSR count). The van der Waals surface area contributed by atoms with E-state index in [0.29, 0.717) is 59.9 Å². The first-order valence-corrected chi connectivity index (χ1v) is 16.0.